The van der Waals surface area contributed by atoms with Gasteiger partial charge in [0, 0.05) is 23.0 Å². The number of amides is 2. The van der Waals surface area contributed by atoms with Gasteiger partial charge in [0.2, 0.25) is 5.91 Å². The first-order chi connectivity index (χ1) is 17.4. The fourth-order valence-electron chi connectivity index (χ4n) is 3.66. The Balaban J connectivity index is 1.96. The Labute approximate surface area is 241 Å². The van der Waals surface area contributed by atoms with Crippen molar-refractivity contribution in [2.24, 2.45) is 0 Å². The van der Waals surface area contributed by atoms with Gasteiger partial charge in [0.05, 0.1) is 15.1 Å². The molecule has 3 aromatic rings. The smallest absolute Gasteiger partial charge is 0.261 e. The molecular weight excluding hydrogens is 599 g/mol. The molecule has 0 spiro atoms. The van der Waals surface area contributed by atoms with E-state index in [0.717, 1.165) is 15.6 Å². The molecule has 0 bridgehead atoms. The van der Waals surface area contributed by atoms with Crippen molar-refractivity contribution in [3.63, 3.8) is 0 Å². The second-order valence-corrected chi connectivity index (χ2v) is 11.7. The van der Waals surface area contributed by atoms with E-state index in [9.17, 15) is 9.59 Å². The Bertz CT molecular complexity index is 1250. The van der Waals surface area contributed by atoms with E-state index in [4.69, 9.17) is 39.5 Å². The molecule has 37 heavy (non-hydrogen) atoms. The molecule has 3 aromatic carbocycles. The number of ether oxygens (including phenoxy) is 1. The van der Waals surface area contributed by atoms with Gasteiger partial charge in [-0.15, -0.1) is 0 Å². The summed E-state index contributed by atoms with van der Waals surface area (Å²) in [4.78, 5) is 28.7. The van der Waals surface area contributed by atoms with Gasteiger partial charge < -0.3 is 15.0 Å². The van der Waals surface area contributed by atoms with Gasteiger partial charge in [-0.25, -0.2) is 0 Å². The molecule has 0 fully saturated rings. The summed E-state index contributed by atoms with van der Waals surface area (Å²) in [6.45, 7) is 5.51. The van der Waals surface area contributed by atoms with Crippen LogP contribution < -0.4 is 10.1 Å². The summed E-state index contributed by atoms with van der Waals surface area (Å²) in [5.41, 5.74) is 1.15. The first-order valence-electron chi connectivity index (χ1n) is 11.6. The van der Waals surface area contributed by atoms with Crippen molar-refractivity contribution in [2.75, 3.05) is 6.61 Å². The molecule has 196 valence electrons. The van der Waals surface area contributed by atoms with Crippen LogP contribution in [0.15, 0.2) is 71.2 Å². The summed E-state index contributed by atoms with van der Waals surface area (Å²) in [7, 11) is 0. The van der Waals surface area contributed by atoms with Crippen LogP contribution in [0.5, 0.6) is 5.75 Å². The highest BCUT2D eigenvalue weighted by atomic mass is 79.9. The van der Waals surface area contributed by atoms with Crippen LogP contribution in [0.1, 0.15) is 31.9 Å². The van der Waals surface area contributed by atoms with E-state index in [1.54, 1.807) is 36.4 Å². The monoisotopic (exact) mass is 624 g/mol. The Morgan fingerprint density at radius 3 is 2.24 bits per heavy atom. The number of rotatable bonds is 9. The van der Waals surface area contributed by atoms with Gasteiger partial charge >= 0.3 is 0 Å². The van der Waals surface area contributed by atoms with Crippen LogP contribution in [0, 0.1) is 0 Å². The number of hydrogen-bond donors (Lipinski definition) is 1. The van der Waals surface area contributed by atoms with Crippen molar-refractivity contribution in [2.45, 2.75) is 45.3 Å². The molecule has 0 heterocycles. The Kier molecular flexibility index (Phi) is 10.3. The molecule has 0 saturated heterocycles. The third-order valence-electron chi connectivity index (χ3n) is 5.35. The molecule has 0 aliphatic carbocycles. The lowest BCUT2D eigenvalue weighted by atomic mass is 10.0. The standard InChI is InChI=1S/C28H28BrCl3N2O3/c1-28(2,3)33-27(36)24(14-18-7-5-4-6-8-18)34(16-19-9-11-21(30)22(31)13-19)26(35)17-37-25-12-10-20(29)15-23(25)32/h4-13,15,24H,14,16-17H2,1-3H3,(H,33,36)/t24-/m0/s1. The Morgan fingerprint density at radius 1 is 0.919 bits per heavy atom. The minimum Gasteiger partial charge on any atom is -0.482 e. The van der Waals surface area contributed by atoms with Crippen LogP contribution in [0.3, 0.4) is 0 Å². The second kappa shape index (κ2) is 13.0. The van der Waals surface area contributed by atoms with Crippen molar-refractivity contribution >= 4 is 62.5 Å². The number of halogens is 4. The van der Waals surface area contributed by atoms with Crippen molar-refractivity contribution in [1.29, 1.82) is 0 Å². The average Bonchev–Trinajstić information content (AvgIpc) is 2.82. The molecule has 0 saturated carbocycles. The fourth-order valence-corrected chi connectivity index (χ4v) is 4.70. The highest BCUT2D eigenvalue weighted by Gasteiger charge is 2.32. The molecule has 5 nitrogen and oxygen atoms in total. The summed E-state index contributed by atoms with van der Waals surface area (Å²) < 4.78 is 6.56. The second-order valence-electron chi connectivity index (χ2n) is 9.58. The van der Waals surface area contributed by atoms with E-state index >= 15 is 0 Å². The van der Waals surface area contributed by atoms with E-state index < -0.39 is 11.6 Å². The number of carbonyl (C=O) groups excluding carboxylic acids is 2. The van der Waals surface area contributed by atoms with Gasteiger partial charge in [-0.1, -0.05) is 87.1 Å². The van der Waals surface area contributed by atoms with E-state index in [2.05, 4.69) is 21.2 Å². The molecule has 0 radical (unpaired) electrons. The Morgan fingerprint density at radius 2 is 1.62 bits per heavy atom. The van der Waals surface area contributed by atoms with Crippen molar-refractivity contribution in [1.82, 2.24) is 10.2 Å². The van der Waals surface area contributed by atoms with Crippen molar-refractivity contribution in [3.8, 4) is 5.75 Å². The highest BCUT2D eigenvalue weighted by molar-refractivity contribution is 9.10. The highest BCUT2D eigenvalue weighted by Crippen LogP contribution is 2.28. The van der Waals surface area contributed by atoms with E-state index in [1.807, 2.05) is 51.1 Å². The zero-order chi connectivity index (χ0) is 27.2. The summed E-state index contributed by atoms with van der Waals surface area (Å²) in [6, 6.07) is 19.0. The molecule has 0 aliphatic heterocycles. The molecular formula is C28H28BrCl3N2O3. The molecule has 3 rings (SSSR count). The molecule has 0 unspecified atom stereocenters. The lowest BCUT2D eigenvalue weighted by molar-refractivity contribution is -0.143. The van der Waals surface area contributed by atoms with Gasteiger partial charge in [-0.3, -0.25) is 9.59 Å². The third-order valence-corrected chi connectivity index (χ3v) is 6.88. The van der Waals surface area contributed by atoms with Gasteiger partial charge in [-0.2, -0.15) is 0 Å². The molecule has 1 N–H and O–H groups in total. The maximum absolute atomic E-state index is 13.7. The van der Waals surface area contributed by atoms with Gasteiger partial charge in [0.25, 0.3) is 5.91 Å². The number of benzene rings is 3. The number of carbonyl (C=O) groups is 2. The normalized spacial score (nSPS) is 12.1. The van der Waals surface area contributed by atoms with Crippen LogP contribution in [0.2, 0.25) is 15.1 Å². The van der Waals surface area contributed by atoms with Gasteiger partial charge in [-0.05, 0) is 62.2 Å². The van der Waals surface area contributed by atoms with Crippen LogP contribution in [0.25, 0.3) is 0 Å². The summed E-state index contributed by atoms with van der Waals surface area (Å²) in [5, 5.41) is 4.16. The SMILES string of the molecule is CC(C)(C)NC(=O)[C@H](Cc1ccccc1)N(Cc1ccc(Cl)c(Cl)c1)C(=O)COc1ccc(Br)cc1Cl. The van der Waals surface area contributed by atoms with Crippen molar-refractivity contribution < 1.29 is 14.3 Å². The van der Waals surface area contributed by atoms with Crippen LogP contribution >= 0.6 is 50.7 Å². The van der Waals surface area contributed by atoms with Crippen LogP contribution in [-0.4, -0.2) is 34.9 Å². The van der Waals surface area contributed by atoms with Crippen molar-refractivity contribution in [3.05, 3.63) is 97.4 Å². The molecule has 2 amide bonds. The lowest BCUT2D eigenvalue weighted by Gasteiger charge is -2.33. The predicted octanol–water partition coefficient (Wildman–Crippen LogP) is 7.34. The molecule has 0 aliphatic rings. The van der Waals surface area contributed by atoms with Gasteiger partial charge in [0.1, 0.15) is 11.8 Å². The van der Waals surface area contributed by atoms with Crippen LogP contribution in [-0.2, 0) is 22.6 Å². The predicted molar refractivity (Wildman–Crippen MR) is 153 cm³/mol. The maximum atomic E-state index is 13.7. The lowest BCUT2D eigenvalue weighted by Crippen LogP contribution is -2.55. The number of nitrogens with zero attached hydrogens (tertiary/aromatic N) is 1. The van der Waals surface area contributed by atoms with Crippen LogP contribution in [0.4, 0.5) is 0 Å². The first-order valence-corrected chi connectivity index (χ1v) is 13.5. The fraction of sp³-hybridized carbons (Fsp3) is 0.286. The number of nitrogens with one attached hydrogen (secondary N) is 1. The molecule has 1 atom stereocenters. The van der Waals surface area contributed by atoms with E-state index in [1.165, 1.54) is 4.90 Å². The van der Waals surface area contributed by atoms with Gasteiger partial charge in [0.15, 0.2) is 6.61 Å². The van der Waals surface area contributed by atoms with E-state index in [0.29, 0.717) is 27.2 Å². The minimum atomic E-state index is -0.812. The zero-order valence-corrected chi connectivity index (χ0v) is 24.6. The quantitative estimate of drug-likeness (QED) is 0.270. The van der Waals surface area contributed by atoms with E-state index in [-0.39, 0.29) is 25.0 Å². The molecule has 0 aromatic heterocycles. The minimum absolute atomic E-state index is 0.127. The zero-order valence-electron chi connectivity index (χ0n) is 20.7. The third kappa shape index (κ3) is 8.92. The summed E-state index contributed by atoms with van der Waals surface area (Å²) >= 11 is 22.0. The Hall–Kier alpha value is -2.25. The summed E-state index contributed by atoms with van der Waals surface area (Å²) in [6.07, 6.45) is 0.314. The average molecular weight is 627 g/mol. The first kappa shape index (κ1) is 29.3. The largest absolute Gasteiger partial charge is 0.482 e. The summed E-state index contributed by atoms with van der Waals surface area (Å²) in [5.74, 6) is -0.284. The topological polar surface area (TPSA) is 58.6 Å². The number of hydrogen-bond acceptors (Lipinski definition) is 3. The molecule has 9 heteroatoms. The maximum Gasteiger partial charge on any atom is 0.261 e.